The maximum atomic E-state index is 13.7. The predicted octanol–water partition coefficient (Wildman–Crippen LogP) is 5.05. The van der Waals surface area contributed by atoms with E-state index in [0.717, 1.165) is 16.8 Å². The fourth-order valence-corrected chi connectivity index (χ4v) is 4.65. The van der Waals surface area contributed by atoms with Gasteiger partial charge in [-0.2, -0.15) is 0 Å². The second-order valence-corrected chi connectivity index (χ2v) is 7.87. The smallest absolute Gasteiger partial charge is 0.234 e. The van der Waals surface area contributed by atoms with Crippen LogP contribution in [0.1, 0.15) is 6.92 Å². The largest absolute Gasteiger partial charge is 0.323 e. The van der Waals surface area contributed by atoms with E-state index in [1.807, 2.05) is 23.6 Å². The number of fused-ring (bicyclic) bond motifs is 1. The van der Waals surface area contributed by atoms with E-state index in [0.29, 0.717) is 11.7 Å². The summed E-state index contributed by atoms with van der Waals surface area (Å²) in [6.07, 6.45) is 0. The van der Waals surface area contributed by atoms with E-state index in [9.17, 15) is 9.18 Å². The van der Waals surface area contributed by atoms with Crippen LogP contribution >= 0.6 is 23.1 Å². The molecule has 0 aliphatic carbocycles. The summed E-state index contributed by atoms with van der Waals surface area (Å²) in [5.41, 5.74) is 1.22. The molecule has 142 valence electrons. The van der Waals surface area contributed by atoms with E-state index in [-0.39, 0.29) is 17.3 Å². The van der Waals surface area contributed by atoms with Crippen molar-refractivity contribution in [3.63, 3.8) is 0 Å². The van der Waals surface area contributed by atoms with Crippen molar-refractivity contribution >= 4 is 44.8 Å². The number of amides is 1. The first kappa shape index (κ1) is 18.6. The van der Waals surface area contributed by atoms with Crippen molar-refractivity contribution in [1.82, 2.24) is 14.8 Å². The van der Waals surface area contributed by atoms with Gasteiger partial charge in [0.1, 0.15) is 5.82 Å². The Balaban J connectivity index is 1.52. The summed E-state index contributed by atoms with van der Waals surface area (Å²) in [6.45, 7) is 2.70. The summed E-state index contributed by atoms with van der Waals surface area (Å²) in [6, 6.07) is 14.3. The number of benzene rings is 2. The van der Waals surface area contributed by atoms with Gasteiger partial charge < -0.3 is 9.88 Å². The highest BCUT2D eigenvalue weighted by atomic mass is 32.2. The van der Waals surface area contributed by atoms with Crippen molar-refractivity contribution in [2.45, 2.75) is 18.6 Å². The molecule has 0 aliphatic rings. The van der Waals surface area contributed by atoms with E-state index >= 15 is 0 Å². The molecular formula is C20H17FN4OS2. The van der Waals surface area contributed by atoms with Gasteiger partial charge in [0.05, 0.1) is 11.4 Å². The highest BCUT2D eigenvalue weighted by Crippen LogP contribution is 2.34. The van der Waals surface area contributed by atoms with E-state index in [1.54, 1.807) is 23.5 Å². The van der Waals surface area contributed by atoms with Crippen LogP contribution in [0, 0.1) is 5.82 Å². The van der Waals surface area contributed by atoms with Crippen LogP contribution in [-0.2, 0) is 11.3 Å². The Morgan fingerprint density at radius 2 is 1.96 bits per heavy atom. The van der Waals surface area contributed by atoms with Gasteiger partial charge in [-0.05, 0) is 25.1 Å². The number of rotatable bonds is 6. The molecule has 5 nitrogen and oxygen atoms in total. The second-order valence-electron chi connectivity index (χ2n) is 6.01. The van der Waals surface area contributed by atoms with E-state index in [1.165, 1.54) is 28.6 Å². The predicted molar refractivity (Wildman–Crippen MR) is 112 cm³/mol. The molecule has 0 aliphatic heterocycles. The van der Waals surface area contributed by atoms with Crippen LogP contribution < -0.4 is 5.32 Å². The zero-order valence-corrected chi connectivity index (χ0v) is 16.7. The van der Waals surface area contributed by atoms with Crippen LogP contribution in [0.3, 0.4) is 0 Å². The molecule has 0 atom stereocenters. The van der Waals surface area contributed by atoms with Crippen LogP contribution in [0.25, 0.3) is 21.5 Å². The molecule has 0 radical (unpaired) electrons. The highest BCUT2D eigenvalue weighted by molar-refractivity contribution is 7.99. The van der Waals surface area contributed by atoms with Gasteiger partial charge in [-0.15, -0.1) is 21.5 Å². The molecule has 0 unspecified atom stereocenters. The number of hydrogen-bond donors (Lipinski definition) is 1. The number of nitrogens with zero attached hydrogens (tertiary/aromatic N) is 3. The lowest BCUT2D eigenvalue weighted by molar-refractivity contribution is -0.113. The van der Waals surface area contributed by atoms with Gasteiger partial charge in [-0.25, -0.2) is 4.39 Å². The molecular weight excluding hydrogens is 395 g/mol. The topological polar surface area (TPSA) is 59.8 Å². The average molecular weight is 413 g/mol. The first-order valence-electron chi connectivity index (χ1n) is 8.74. The fraction of sp³-hybridized carbons (Fsp3) is 0.150. The standard InChI is InChI=1S/C20H17FN4OS2/c1-2-25-19(14-11-27-17-10-6-3-7-13(14)17)23-24-20(25)28-12-18(26)22-16-9-5-4-8-15(16)21/h3-11H,2,12H2,1H3,(H,22,26). The number of nitrogens with one attached hydrogen (secondary N) is 1. The lowest BCUT2D eigenvalue weighted by Crippen LogP contribution is -2.15. The minimum Gasteiger partial charge on any atom is -0.323 e. The summed E-state index contributed by atoms with van der Waals surface area (Å²) < 4.78 is 16.9. The van der Waals surface area contributed by atoms with Crippen LogP contribution in [0.5, 0.6) is 0 Å². The quantitative estimate of drug-likeness (QED) is 0.450. The summed E-state index contributed by atoms with van der Waals surface area (Å²) in [7, 11) is 0. The molecule has 8 heteroatoms. The Kier molecular flexibility index (Phi) is 5.40. The zero-order chi connectivity index (χ0) is 19.5. The molecule has 1 N–H and O–H groups in total. The highest BCUT2D eigenvalue weighted by Gasteiger charge is 2.17. The minimum absolute atomic E-state index is 0.122. The van der Waals surface area contributed by atoms with Gasteiger partial charge in [0, 0.05) is 27.6 Å². The van der Waals surface area contributed by atoms with Crippen molar-refractivity contribution in [2.75, 3.05) is 11.1 Å². The second kappa shape index (κ2) is 8.12. The van der Waals surface area contributed by atoms with Crippen LogP contribution in [0.4, 0.5) is 10.1 Å². The third-order valence-corrected chi connectivity index (χ3v) is 6.17. The zero-order valence-electron chi connectivity index (χ0n) is 15.1. The monoisotopic (exact) mass is 412 g/mol. The maximum Gasteiger partial charge on any atom is 0.234 e. The van der Waals surface area contributed by atoms with E-state index in [4.69, 9.17) is 0 Å². The first-order chi connectivity index (χ1) is 13.7. The number of anilines is 1. The Morgan fingerprint density at radius 1 is 1.18 bits per heavy atom. The Morgan fingerprint density at radius 3 is 2.79 bits per heavy atom. The Hall–Kier alpha value is -2.71. The molecule has 4 aromatic rings. The maximum absolute atomic E-state index is 13.7. The van der Waals surface area contributed by atoms with Crippen molar-refractivity contribution in [3.8, 4) is 11.4 Å². The lowest BCUT2D eigenvalue weighted by atomic mass is 10.1. The summed E-state index contributed by atoms with van der Waals surface area (Å²) in [4.78, 5) is 12.2. The third-order valence-electron chi connectivity index (χ3n) is 4.24. The van der Waals surface area contributed by atoms with Crippen molar-refractivity contribution in [2.24, 2.45) is 0 Å². The number of carbonyl (C=O) groups excluding carboxylic acids is 1. The van der Waals surface area contributed by atoms with Gasteiger partial charge in [0.15, 0.2) is 11.0 Å². The molecule has 2 heterocycles. The van der Waals surface area contributed by atoms with Crippen LogP contribution in [0.2, 0.25) is 0 Å². The number of halogens is 1. The summed E-state index contributed by atoms with van der Waals surface area (Å²) in [5, 5.41) is 15.1. The number of hydrogen-bond acceptors (Lipinski definition) is 5. The minimum atomic E-state index is -0.454. The summed E-state index contributed by atoms with van der Waals surface area (Å²) in [5.74, 6) is 0.168. The number of carbonyl (C=O) groups is 1. The molecule has 2 aromatic heterocycles. The van der Waals surface area contributed by atoms with Gasteiger partial charge in [-0.1, -0.05) is 42.1 Å². The van der Waals surface area contributed by atoms with E-state index < -0.39 is 5.82 Å². The van der Waals surface area contributed by atoms with Crippen LogP contribution in [0.15, 0.2) is 59.1 Å². The van der Waals surface area contributed by atoms with Crippen molar-refractivity contribution in [1.29, 1.82) is 0 Å². The molecule has 0 saturated heterocycles. The van der Waals surface area contributed by atoms with Gasteiger partial charge in [0.2, 0.25) is 5.91 Å². The number of thioether (sulfide) groups is 1. The Labute approximate surface area is 169 Å². The number of thiophene rings is 1. The van der Waals surface area contributed by atoms with Gasteiger partial charge in [-0.3, -0.25) is 4.79 Å². The van der Waals surface area contributed by atoms with Crippen molar-refractivity contribution < 1.29 is 9.18 Å². The SMILES string of the molecule is CCn1c(SCC(=O)Nc2ccccc2F)nnc1-c1csc2ccccc12. The molecule has 1 amide bonds. The molecule has 0 bridgehead atoms. The molecule has 0 saturated carbocycles. The fourth-order valence-electron chi connectivity index (χ4n) is 2.91. The molecule has 0 fully saturated rings. The molecule has 0 spiro atoms. The normalized spacial score (nSPS) is 11.1. The molecule has 4 rings (SSSR count). The van der Waals surface area contributed by atoms with E-state index in [2.05, 4.69) is 33.0 Å². The summed E-state index contributed by atoms with van der Waals surface area (Å²) >= 11 is 2.96. The van der Waals surface area contributed by atoms with Gasteiger partial charge in [0.25, 0.3) is 0 Å². The van der Waals surface area contributed by atoms with Crippen molar-refractivity contribution in [3.05, 3.63) is 59.7 Å². The third kappa shape index (κ3) is 3.65. The average Bonchev–Trinajstić information content (AvgIpc) is 3.31. The van der Waals surface area contributed by atoms with Gasteiger partial charge >= 0.3 is 0 Å². The number of para-hydroxylation sites is 1. The van der Waals surface area contributed by atoms with Crippen LogP contribution in [-0.4, -0.2) is 26.4 Å². The molecule has 2 aromatic carbocycles. The first-order valence-corrected chi connectivity index (χ1v) is 10.6. The molecule has 28 heavy (non-hydrogen) atoms. The Bertz CT molecular complexity index is 1140. The number of aromatic nitrogens is 3. The lowest BCUT2D eigenvalue weighted by Gasteiger charge is -2.08.